The van der Waals surface area contributed by atoms with Gasteiger partial charge in [-0.05, 0) is 33.8 Å². The number of nitrogens with zero attached hydrogens (tertiary/aromatic N) is 4. The average Bonchev–Trinajstić information content (AvgIpc) is 2.97. The molecule has 0 radical (unpaired) electrons. The first-order valence-electron chi connectivity index (χ1n) is 6.57. The van der Waals surface area contributed by atoms with Gasteiger partial charge in [0, 0.05) is 11.7 Å². The summed E-state index contributed by atoms with van der Waals surface area (Å²) in [7, 11) is -0.391. The molecule has 0 spiro atoms. The van der Waals surface area contributed by atoms with Crippen molar-refractivity contribution in [2.75, 3.05) is 0 Å². The summed E-state index contributed by atoms with van der Waals surface area (Å²) < 4.78 is 13.6. The highest BCUT2D eigenvalue weighted by atomic mass is 16.7. The Morgan fingerprint density at radius 2 is 1.80 bits per heavy atom. The molecule has 0 aromatic carbocycles. The molecule has 0 saturated carbocycles. The summed E-state index contributed by atoms with van der Waals surface area (Å²) in [5.74, 6) is 0.711. The first-order chi connectivity index (χ1) is 9.39. The topological polar surface area (TPSA) is 62.1 Å². The largest absolute Gasteiger partial charge is 0.496 e. The number of pyridine rings is 1. The molecule has 0 unspecified atom stereocenters. The SMILES string of the molecule is CC1(C)OB(c2ccc(-n3ccnn3)nc2)OC1(C)C. The fourth-order valence-electron chi connectivity index (χ4n) is 1.98. The standard InChI is InChI=1S/C13H17BN4O2/c1-12(2)13(3,4)20-14(19-12)10-5-6-11(15-9-10)18-8-7-16-17-18/h5-9H,1-4H3. The van der Waals surface area contributed by atoms with Gasteiger partial charge in [0.15, 0.2) is 5.82 Å². The lowest BCUT2D eigenvalue weighted by Gasteiger charge is -2.32. The van der Waals surface area contributed by atoms with Gasteiger partial charge < -0.3 is 9.31 Å². The van der Waals surface area contributed by atoms with E-state index in [4.69, 9.17) is 9.31 Å². The van der Waals surface area contributed by atoms with Gasteiger partial charge in [0.05, 0.1) is 23.6 Å². The van der Waals surface area contributed by atoms with Crippen LogP contribution >= 0.6 is 0 Å². The zero-order valence-electron chi connectivity index (χ0n) is 12.1. The van der Waals surface area contributed by atoms with Crippen LogP contribution in [0.2, 0.25) is 0 Å². The second-order valence-corrected chi connectivity index (χ2v) is 5.89. The highest BCUT2D eigenvalue weighted by molar-refractivity contribution is 6.62. The molecule has 0 atom stereocenters. The molecule has 1 saturated heterocycles. The Balaban J connectivity index is 1.83. The number of hydrogen-bond acceptors (Lipinski definition) is 5. The minimum atomic E-state index is -0.391. The van der Waals surface area contributed by atoms with Crippen molar-refractivity contribution in [3.8, 4) is 5.82 Å². The van der Waals surface area contributed by atoms with E-state index in [0.717, 1.165) is 5.46 Å². The summed E-state index contributed by atoms with van der Waals surface area (Å²) in [4.78, 5) is 4.36. The Morgan fingerprint density at radius 3 is 2.30 bits per heavy atom. The molecule has 7 heteroatoms. The van der Waals surface area contributed by atoms with Crippen molar-refractivity contribution in [1.29, 1.82) is 0 Å². The minimum Gasteiger partial charge on any atom is -0.399 e. The number of aromatic nitrogens is 4. The molecule has 3 rings (SSSR count). The van der Waals surface area contributed by atoms with E-state index < -0.39 is 7.12 Å². The maximum atomic E-state index is 5.98. The summed E-state index contributed by atoms with van der Waals surface area (Å²) in [6.45, 7) is 8.13. The molecule has 2 aromatic rings. The Bertz CT molecular complexity index is 579. The van der Waals surface area contributed by atoms with E-state index in [1.54, 1.807) is 23.3 Å². The zero-order valence-corrected chi connectivity index (χ0v) is 12.1. The van der Waals surface area contributed by atoms with Crippen molar-refractivity contribution in [2.45, 2.75) is 38.9 Å². The molecule has 0 N–H and O–H groups in total. The molecule has 3 heterocycles. The van der Waals surface area contributed by atoms with Gasteiger partial charge in [-0.2, -0.15) is 0 Å². The van der Waals surface area contributed by atoms with Gasteiger partial charge in [-0.3, -0.25) is 0 Å². The van der Waals surface area contributed by atoms with Crippen molar-refractivity contribution in [1.82, 2.24) is 20.0 Å². The smallest absolute Gasteiger partial charge is 0.399 e. The first-order valence-corrected chi connectivity index (χ1v) is 6.57. The second-order valence-electron chi connectivity index (χ2n) is 5.89. The van der Waals surface area contributed by atoms with Gasteiger partial charge in [-0.25, -0.2) is 9.67 Å². The lowest BCUT2D eigenvalue weighted by Crippen LogP contribution is -2.41. The molecule has 1 aliphatic rings. The summed E-state index contributed by atoms with van der Waals surface area (Å²) >= 11 is 0. The maximum Gasteiger partial charge on any atom is 0.496 e. The predicted molar refractivity (Wildman–Crippen MR) is 74.9 cm³/mol. The second kappa shape index (κ2) is 4.39. The van der Waals surface area contributed by atoms with Gasteiger partial charge in [0.2, 0.25) is 0 Å². The molecular weight excluding hydrogens is 255 g/mol. The van der Waals surface area contributed by atoms with Crippen LogP contribution in [0.1, 0.15) is 27.7 Å². The first kappa shape index (κ1) is 13.3. The van der Waals surface area contributed by atoms with Gasteiger partial charge in [0.1, 0.15) is 0 Å². The molecule has 1 fully saturated rings. The average molecular weight is 272 g/mol. The van der Waals surface area contributed by atoms with Crippen LogP contribution in [0, 0.1) is 0 Å². The third kappa shape index (κ3) is 2.12. The molecule has 6 nitrogen and oxygen atoms in total. The Kier molecular flexibility index (Phi) is 2.91. The van der Waals surface area contributed by atoms with Crippen LogP contribution in [0.5, 0.6) is 0 Å². The number of hydrogen-bond donors (Lipinski definition) is 0. The summed E-state index contributed by atoms with van der Waals surface area (Å²) in [6, 6.07) is 3.81. The Hall–Kier alpha value is -1.73. The van der Waals surface area contributed by atoms with Crippen molar-refractivity contribution < 1.29 is 9.31 Å². The Morgan fingerprint density at radius 1 is 1.10 bits per heavy atom. The molecule has 0 amide bonds. The van der Waals surface area contributed by atoms with Crippen molar-refractivity contribution in [2.24, 2.45) is 0 Å². The molecule has 0 aliphatic carbocycles. The van der Waals surface area contributed by atoms with Crippen LogP contribution in [-0.2, 0) is 9.31 Å². The molecule has 104 valence electrons. The highest BCUT2D eigenvalue weighted by Gasteiger charge is 2.51. The minimum absolute atomic E-state index is 0.345. The van der Waals surface area contributed by atoms with Crippen molar-refractivity contribution in [3.05, 3.63) is 30.7 Å². The maximum absolute atomic E-state index is 5.98. The van der Waals surface area contributed by atoms with Crippen LogP contribution in [0.3, 0.4) is 0 Å². The van der Waals surface area contributed by atoms with Crippen molar-refractivity contribution >= 4 is 12.6 Å². The van der Waals surface area contributed by atoms with E-state index in [0.29, 0.717) is 5.82 Å². The van der Waals surface area contributed by atoms with E-state index in [-0.39, 0.29) is 11.2 Å². The van der Waals surface area contributed by atoms with Gasteiger partial charge in [0.25, 0.3) is 0 Å². The Labute approximate surface area is 118 Å². The third-order valence-corrected chi connectivity index (χ3v) is 3.95. The molecular formula is C13H17BN4O2. The molecule has 2 aromatic heterocycles. The monoisotopic (exact) mass is 272 g/mol. The van der Waals surface area contributed by atoms with E-state index in [1.807, 2.05) is 39.8 Å². The normalized spacial score (nSPS) is 20.3. The van der Waals surface area contributed by atoms with Crippen LogP contribution in [0.25, 0.3) is 5.82 Å². The van der Waals surface area contributed by atoms with Crippen molar-refractivity contribution in [3.63, 3.8) is 0 Å². The fourth-order valence-corrected chi connectivity index (χ4v) is 1.98. The summed E-state index contributed by atoms with van der Waals surface area (Å²) in [5, 5.41) is 7.66. The van der Waals surface area contributed by atoms with Crippen LogP contribution in [-0.4, -0.2) is 38.3 Å². The molecule has 20 heavy (non-hydrogen) atoms. The third-order valence-electron chi connectivity index (χ3n) is 3.95. The fraction of sp³-hybridized carbons (Fsp3) is 0.462. The summed E-state index contributed by atoms with van der Waals surface area (Å²) in [6.07, 6.45) is 5.11. The van der Waals surface area contributed by atoms with Gasteiger partial charge in [-0.15, -0.1) is 5.10 Å². The lowest BCUT2D eigenvalue weighted by atomic mass is 9.80. The van der Waals surface area contributed by atoms with E-state index in [2.05, 4.69) is 15.3 Å². The van der Waals surface area contributed by atoms with Gasteiger partial charge in [-0.1, -0.05) is 11.3 Å². The van der Waals surface area contributed by atoms with Crippen LogP contribution < -0.4 is 5.46 Å². The van der Waals surface area contributed by atoms with Crippen LogP contribution in [0.15, 0.2) is 30.7 Å². The van der Waals surface area contributed by atoms with E-state index in [9.17, 15) is 0 Å². The highest BCUT2D eigenvalue weighted by Crippen LogP contribution is 2.36. The van der Waals surface area contributed by atoms with Gasteiger partial charge >= 0.3 is 7.12 Å². The lowest BCUT2D eigenvalue weighted by molar-refractivity contribution is 0.00578. The number of rotatable bonds is 2. The quantitative estimate of drug-likeness (QED) is 0.762. The molecule has 1 aliphatic heterocycles. The van der Waals surface area contributed by atoms with Crippen LogP contribution in [0.4, 0.5) is 0 Å². The van der Waals surface area contributed by atoms with E-state index in [1.165, 1.54) is 0 Å². The summed E-state index contributed by atoms with van der Waals surface area (Å²) in [5.41, 5.74) is 0.206. The zero-order chi connectivity index (χ0) is 14.4. The van der Waals surface area contributed by atoms with E-state index >= 15 is 0 Å². The predicted octanol–water partition coefficient (Wildman–Crippen LogP) is 0.961. The molecule has 0 bridgehead atoms.